The van der Waals surface area contributed by atoms with Crippen molar-refractivity contribution in [1.29, 1.82) is 0 Å². The minimum atomic E-state index is -0.361. The van der Waals surface area contributed by atoms with Crippen molar-refractivity contribution in [3.8, 4) is 5.75 Å². The zero-order valence-electron chi connectivity index (χ0n) is 17.8. The molecule has 1 amide bonds. The molecule has 4 saturated carbocycles. The van der Waals surface area contributed by atoms with Gasteiger partial charge in [0.2, 0.25) is 11.8 Å². The molecular formula is C23H29N3O3S. The first-order valence-corrected chi connectivity index (χ1v) is 11.8. The number of aromatic nitrogens is 2. The molecule has 1 aromatic carbocycles. The molecule has 1 atom stereocenters. The van der Waals surface area contributed by atoms with Gasteiger partial charge in [0.05, 0.1) is 18.0 Å². The van der Waals surface area contributed by atoms with Crippen LogP contribution < -0.4 is 10.1 Å². The van der Waals surface area contributed by atoms with E-state index in [1.807, 2.05) is 32.0 Å². The molecule has 1 N–H and O–H groups in total. The van der Waals surface area contributed by atoms with Crippen molar-refractivity contribution in [2.45, 2.75) is 68.3 Å². The molecule has 2 aromatic rings. The Bertz CT molecular complexity index is 922. The third-order valence-electron chi connectivity index (χ3n) is 7.16. The number of rotatable bonds is 6. The lowest BCUT2D eigenvalue weighted by Crippen LogP contribution is -2.48. The molecule has 0 unspecified atom stereocenters. The summed E-state index contributed by atoms with van der Waals surface area (Å²) in [6, 6.07) is 5.72. The Morgan fingerprint density at radius 3 is 2.50 bits per heavy atom. The first-order valence-electron chi connectivity index (χ1n) is 10.9. The average molecular weight is 428 g/mol. The Morgan fingerprint density at radius 1 is 1.20 bits per heavy atom. The topological polar surface area (TPSA) is 77.2 Å². The van der Waals surface area contributed by atoms with Gasteiger partial charge in [-0.15, -0.1) is 10.2 Å². The quantitative estimate of drug-likeness (QED) is 0.656. The minimum Gasteiger partial charge on any atom is -0.495 e. The van der Waals surface area contributed by atoms with Crippen LogP contribution in [0.25, 0.3) is 0 Å². The van der Waals surface area contributed by atoms with E-state index < -0.39 is 0 Å². The fraction of sp³-hybridized carbons (Fsp3) is 0.609. The Labute approximate surface area is 181 Å². The predicted molar refractivity (Wildman–Crippen MR) is 116 cm³/mol. The standard InChI is InChI=1S/C23H29N3O3S/c1-13-4-5-19(28-3)18(6-13)24-20(27)14(2)30-22-26-25-21(29-22)23-10-15-7-16(11-23)9-17(8-15)12-23/h4-6,14-17H,7-12H2,1-3H3,(H,24,27)/t14-,15?,16?,17?,23?/m1/s1. The number of aryl methyl sites for hydroxylation is 1. The Hall–Kier alpha value is -2.02. The number of amides is 1. The molecule has 1 heterocycles. The van der Waals surface area contributed by atoms with E-state index in [1.165, 1.54) is 50.3 Å². The van der Waals surface area contributed by atoms with E-state index in [2.05, 4.69) is 15.5 Å². The number of nitrogens with one attached hydrogen (secondary N) is 1. The van der Waals surface area contributed by atoms with E-state index in [0.717, 1.165) is 29.2 Å². The molecule has 30 heavy (non-hydrogen) atoms. The third-order valence-corrected chi connectivity index (χ3v) is 8.09. The van der Waals surface area contributed by atoms with Crippen molar-refractivity contribution < 1.29 is 13.9 Å². The highest BCUT2D eigenvalue weighted by atomic mass is 32.2. The monoisotopic (exact) mass is 427 g/mol. The molecule has 4 aliphatic carbocycles. The van der Waals surface area contributed by atoms with Crippen molar-refractivity contribution in [1.82, 2.24) is 10.2 Å². The van der Waals surface area contributed by atoms with Gasteiger partial charge in [-0.3, -0.25) is 4.79 Å². The van der Waals surface area contributed by atoms with Crippen LogP contribution in [0.2, 0.25) is 0 Å². The lowest BCUT2D eigenvalue weighted by molar-refractivity contribution is -0.115. The number of nitrogens with zero attached hydrogens (tertiary/aromatic N) is 2. The zero-order valence-corrected chi connectivity index (χ0v) is 18.6. The number of carbonyl (C=O) groups excluding carboxylic acids is 1. The molecular weight excluding hydrogens is 398 g/mol. The minimum absolute atomic E-state index is 0.0843. The molecule has 4 aliphatic rings. The van der Waals surface area contributed by atoms with Crippen LogP contribution in [0.3, 0.4) is 0 Å². The van der Waals surface area contributed by atoms with Crippen molar-refractivity contribution in [3.05, 3.63) is 29.7 Å². The molecule has 4 bridgehead atoms. The van der Waals surface area contributed by atoms with Gasteiger partial charge >= 0.3 is 0 Å². The number of thioether (sulfide) groups is 1. The van der Waals surface area contributed by atoms with Gasteiger partial charge < -0.3 is 14.5 Å². The smallest absolute Gasteiger partial charge is 0.277 e. The van der Waals surface area contributed by atoms with Crippen LogP contribution in [0.5, 0.6) is 5.75 Å². The van der Waals surface area contributed by atoms with Crippen LogP contribution in [-0.2, 0) is 10.2 Å². The lowest BCUT2D eigenvalue weighted by Gasteiger charge is -2.55. The normalized spacial score (nSPS) is 30.3. The van der Waals surface area contributed by atoms with E-state index in [1.54, 1.807) is 7.11 Å². The van der Waals surface area contributed by atoms with Crippen LogP contribution in [0, 0.1) is 24.7 Å². The number of anilines is 1. The van der Waals surface area contributed by atoms with Gasteiger partial charge in [-0.2, -0.15) is 0 Å². The van der Waals surface area contributed by atoms with Gasteiger partial charge in [0.15, 0.2) is 0 Å². The summed E-state index contributed by atoms with van der Waals surface area (Å²) in [5.74, 6) is 3.82. The third kappa shape index (κ3) is 3.61. The van der Waals surface area contributed by atoms with Crippen LogP contribution >= 0.6 is 11.8 Å². The highest BCUT2D eigenvalue weighted by molar-refractivity contribution is 8.00. The maximum Gasteiger partial charge on any atom is 0.277 e. The maximum atomic E-state index is 12.7. The lowest BCUT2D eigenvalue weighted by atomic mass is 9.49. The van der Waals surface area contributed by atoms with Gasteiger partial charge in [0, 0.05) is 5.41 Å². The van der Waals surface area contributed by atoms with Crippen LogP contribution in [0.1, 0.15) is 56.9 Å². The number of benzene rings is 1. The van der Waals surface area contributed by atoms with Gasteiger partial charge in [-0.1, -0.05) is 17.8 Å². The van der Waals surface area contributed by atoms with E-state index in [4.69, 9.17) is 9.15 Å². The summed E-state index contributed by atoms with van der Waals surface area (Å²) in [7, 11) is 1.60. The Kier molecular flexibility index (Phi) is 5.04. The second-order valence-electron chi connectivity index (χ2n) is 9.52. The highest BCUT2D eigenvalue weighted by Gasteiger charge is 2.54. The molecule has 4 fully saturated rings. The van der Waals surface area contributed by atoms with Crippen LogP contribution in [-0.4, -0.2) is 28.5 Å². The average Bonchev–Trinajstić information content (AvgIpc) is 3.16. The van der Waals surface area contributed by atoms with Crippen molar-refractivity contribution >= 4 is 23.4 Å². The van der Waals surface area contributed by atoms with Gasteiger partial charge in [0.1, 0.15) is 5.75 Å². The maximum absolute atomic E-state index is 12.7. The number of hydrogen-bond acceptors (Lipinski definition) is 6. The summed E-state index contributed by atoms with van der Waals surface area (Å²) >= 11 is 1.32. The molecule has 1 aromatic heterocycles. The van der Waals surface area contributed by atoms with Gasteiger partial charge in [0.25, 0.3) is 5.22 Å². The molecule has 0 radical (unpaired) electrons. The van der Waals surface area contributed by atoms with Crippen molar-refractivity contribution in [2.24, 2.45) is 17.8 Å². The molecule has 7 heteroatoms. The number of hydrogen-bond donors (Lipinski definition) is 1. The van der Waals surface area contributed by atoms with Gasteiger partial charge in [-0.05, 0) is 87.8 Å². The Morgan fingerprint density at radius 2 is 1.87 bits per heavy atom. The molecule has 6 rings (SSSR count). The van der Waals surface area contributed by atoms with Gasteiger partial charge in [-0.25, -0.2) is 0 Å². The number of methoxy groups -OCH3 is 1. The summed E-state index contributed by atoms with van der Waals surface area (Å²) in [4.78, 5) is 12.7. The zero-order chi connectivity index (χ0) is 20.9. The van der Waals surface area contributed by atoms with E-state index in [-0.39, 0.29) is 16.6 Å². The molecule has 6 nitrogen and oxygen atoms in total. The molecule has 0 spiro atoms. The molecule has 160 valence electrons. The largest absolute Gasteiger partial charge is 0.495 e. The summed E-state index contributed by atoms with van der Waals surface area (Å²) in [5, 5.41) is 11.8. The van der Waals surface area contributed by atoms with E-state index >= 15 is 0 Å². The number of ether oxygens (including phenoxy) is 1. The SMILES string of the molecule is COc1ccc(C)cc1NC(=O)[C@@H](C)Sc1nnc(C23CC4CC(CC(C4)C2)C3)o1. The first-order chi connectivity index (χ1) is 14.4. The van der Waals surface area contributed by atoms with E-state index in [9.17, 15) is 4.79 Å². The number of carbonyl (C=O) groups is 1. The Balaban J connectivity index is 1.26. The fourth-order valence-corrected chi connectivity index (χ4v) is 6.89. The van der Waals surface area contributed by atoms with E-state index in [0.29, 0.717) is 16.7 Å². The second kappa shape index (κ2) is 7.59. The summed E-state index contributed by atoms with van der Waals surface area (Å²) in [6.07, 6.45) is 7.72. The van der Waals surface area contributed by atoms with Crippen molar-refractivity contribution in [3.63, 3.8) is 0 Å². The highest BCUT2D eigenvalue weighted by Crippen LogP contribution is 2.60. The van der Waals surface area contributed by atoms with Crippen molar-refractivity contribution in [2.75, 3.05) is 12.4 Å². The predicted octanol–water partition coefficient (Wildman–Crippen LogP) is 4.97. The summed E-state index contributed by atoms with van der Waals surface area (Å²) < 4.78 is 11.5. The summed E-state index contributed by atoms with van der Waals surface area (Å²) in [6.45, 7) is 3.84. The molecule has 0 aliphatic heterocycles. The second-order valence-corrected chi connectivity index (χ2v) is 10.8. The molecule has 0 saturated heterocycles. The first kappa shape index (κ1) is 19.9. The van der Waals surface area contributed by atoms with Crippen LogP contribution in [0.4, 0.5) is 5.69 Å². The summed E-state index contributed by atoms with van der Waals surface area (Å²) in [5.41, 5.74) is 1.82. The fourth-order valence-electron chi connectivity index (χ4n) is 6.20. The van der Waals surface area contributed by atoms with Crippen LogP contribution in [0.15, 0.2) is 27.8 Å².